The van der Waals surface area contributed by atoms with Crippen LogP contribution < -0.4 is 5.46 Å². The highest BCUT2D eigenvalue weighted by molar-refractivity contribution is 6.62. The van der Waals surface area contributed by atoms with Gasteiger partial charge in [0.05, 0.1) is 11.7 Å². The fourth-order valence-electron chi connectivity index (χ4n) is 5.24. The Balaban J connectivity index is 1.39. The van der Waals surface area contributed by atoms with Crippen LogP contribution in [-0.4, -0.2) is 46.0 Å². The molecule has 0 bridgehead atoms. The minimum absolute atomic E-state index is 0.0436. The molecule has 2 spiro atoms. The second kappa shape index (κ2) is 5.32. The number of H-pyrrole nitrogens is 1. The van der Waals surface area contributed by atoms with Crippen molar-refractivity contribution in [2.45, 2.75) is 37.7 Å². The molecule has 1 aliphatic carbocycles. The lowest BCUT2D eigenvalue weighted by Gasteiger charge is -2.58. The van der Waals surface area contributed by atoms with Crippen LogP contribution in [0.2, 0.25) is 0 Å². The molecule has 3 aliphatic rings. The van der Waals surface area contributed by atoms with Crippen molar-refractivity contribution in [3.05, 3.63) is 24.0 Å². The first kappa shape index (κ1) is 15.9. The first-order chi connectivity index (χ1) is 12.6. The van der Waals surface area contributed by atoms with E-state index >= 15 is 0 Å². The molecule has 7 nitrogen and oxygen atoms in total. The predicted molar refractivity (Wildman–Crippen MR) is 94.2 cm³/mol. The highest BCUT2D eigenvalue weighted by atomic mass is 16.5. The number of nitriles is 1. The molecule has 1 amide bonds. The average molecular weight is 350 g/mol. The van der Waals surface area contributed by atoms with E-state index in [2.05, 4.69) is 9.97 Å². The van der Waals surface area contributed by atoms with Gasteiger partial charge in [-0.05, 0) is 42.7 Å². The molecule has 1 saturated carbocycles. The number of aromatic nitrogens is 2. The van der Waals surface area contributed by atoms with Crippen LogP contribution in [0, 0.1) is 16.7 Å². The van der Waals surface area contributed by atoms with Gasteiger partial charge in [-0.15, -0.1) is 0 Å². The van der Waals surface area contributed by atoms with Crippen LogP contribution in [0.1, 0.15) is 37.7 Å². The Morgan fingerprint density at radius 2 is 2.23 bits per heavy atom. The standard InChI is InChI=1S/C18H19BN4O3/c20-5-1-14(24)23-7-3-17(4-8-23)10-18(11-17)15-12-2-6-21-16(12)22-9-13(15)19(25)26-18/h2,6,9,25H,1,3-4,7-8,10-11H2,(H,21,22). The van der Waals surface area contributed by atoms with Crippen molar-refractivity contribution >= 4 is 29.5 Å². The third-order valence-electron chi connectivity index (χ3n) is 6.40. The molecule has 0 atom stereocenters. The summed E-state index contributed by atoms with van der Waals surface area (Å²) in [7, 11) is -0.925. The van der Waals surface area contributed by atoms with Gasteiger partial charge in [-0.2, -0.15) is 5.26 Å². The van der Waals surface area contributed by atoms with Crippen LogP contribution in [0.4, 0.5) is 0 Å². The van der Waals surface area contributed by atoms with Gasteiger partial charge in [0.15, 0.2) is 0 Å². The lowest BCUT2D eigenvalue weighted by Crippen LogP contribution is -2.55. The molecule has 4 heterocycles. The van der Waals surface area contributed by atoms with Crippen LogP contribution in [0.15, 0.2) is 18.5 Å². The Bertz CT molecular complexity index is 934. The minimum atomic E-state index is -0.925. The van der Waals surface area contributed by atoms with E-state index in [1.54, 1.807) is 11.1 Å². The summed E-state index contributed by atoms with van der Waals surface area (Å²) in [5.74, 6) is -0.0747. The number of rotatable bonds is 1. The van der Waals surface area contributed by atoms with Crippen LogP contribution >= 0.6 is 0 Å². The number of nitrogens with one attached hydrogen (secondary N) is 1. The van der Waals surface area contributed by atoms with Crippen molar-refractivity contribution in [2.24, 2.45) is 5.41 Å². The highest BCUT2D eigenvalue weighted by Gasteiger charge is 2.62. The molecule has 0 radical (unpaired) electrons. The van der Waals surface area contributed by atoms with Crippen molar-refractivity contribution in [1.82, 2.24) is 14.9 Å². The first-order valence-corrected chi connectivity index (χ1v) is 9.03. The predicted octanol–water partition coefficient (Wildman–Crippen LogP) is 0.792. The van der Waals surface area contributed by atoms with Gasteiger partial charge < -0.3 is 19.6 Å². The third kappa shape index (κ3) is 2.07. The summed E-state index contributed by atoms with van der Waals surface area (Å²) in [6, 6.07) is 3.93. The van der Waals surface area contributed by atoms with Gasteiger partial charge in [0.1, 0.15) is 12.1 Å². The van der Waals surface area contributed by atoms with Crippen molar-refractivity contribution in [2.75, 3.05) is 13.1 Å². The largest absolute Gasteiger partial charge is 0.493 e. The summed E-state index contributed by atoms with van der Waals surface area (Å²) in [6.07, 6.45) is 7.08. The van der Waals surface area contributed by atoms with E-state index in [9.17, 15) is 9.82 Å². The zero-order valence-corrected chi connectivity index (χ0v) is 14.4. The van der Waals surface area contributed by atoms with E-state index in [0.29, 0.717) is 13.1 Å². The Morgan fingerprint density at radius 1 is 1.46 bits per heavy atom. The summed E-state index contributed by atoms with van der Waals surface area (Å²) in [6.45, 7) is 1.39. The molecular formula is C18H19BN4O3. The van der Waals surface area contributed by atoms with Gasteiger partial charge >= 0.3 is 7.12 Å². The zero-order chi connectivity index (χ0) is 17.9. The number of carbonyl (C=O) groups is 1. The molecular weight excluding hydrogens is 331 g/mol. The van der Waals surface area contributed by atoms with Gasteiger partial charge in [0.25, 0.3) is 0 Å². The Hall–Kier alpha value is -2.37. The van der Waals surface area contributed by atoms with E-state index in [0.717, 1.165) is 47.7 Å². The number of likely N-dealkylation sites (tertiary alicyclic amines) is 1. The van der Waals surface area contributed by atoms with Crippen molar-refractivity contribution in [3.8, 4) is 6.07 Å². The summed E-state index contributed by atoms with van der Waals surface area (Å²) < 4.78 is 6.05. The van der Waals surface area contributed by atoms with Crippen molar-refractivity contribution in [3.63, 3.8) is 0 Å². The number of aromatic amines is 1. The molecule has 1 saturated heterocycles. The summed E-state index contributed by atoms with van der Waals surface area (Å²) in [4.78, 5) is 21.2. The third-order valence-corrected chi connectivity index (χ3v) is 6.40. The Kier molecular flexibility index (Phi) is 3.24. The van der Waals surface area contributed by atoms with Crippen LogP contribution in [0.25, 0.3) is 11.0 Å². The molecule has 2 aromatic heterocycles. The molecule has 26 heavy (non-hydrogen) atoms. The molecule has 132 valence electrons. The average Bonchev–Trinajstić information content (AvgIpc) is 3.18. The number of piperidine rings is 1. The van der Waals surface area contributed by atoms with E-state index in [4.69, 9.17) is 9.92 Å². The second-order valence-electron chi connectivity index (χ2n) is 7.86. The lowest BCUT2D eigenvalue weighted by atomic mass is 9.53. The number of carbonyl (C=O) groups excluding carboxylic acids is 1. The number of amides is 1. The normalized spacial score (nSPS) is 22.5. The monoisotopic (exact) mass is 350 g/mol. The SMILES string of the molecule is N#CCC(=O)N1CCC2(CC1)CC1(C2)OB(O)c2cnc3[nH]ccc3c21. The quantitative estimate of drug-likeness (QED) is 0.741. The number of fused-ring (bicyclic) bond motifs is 4. The highest BCUT2D eigenvalue weighted by Crippen LogP contribution is 2.62. The van der Waals surface area contributed by atoms with E-state index in [1.165, 1.54) is 0 Å². The molecule has 2 aromatic rings. The summed E-state index contributed by atoms with van der Waals surface area (Å²) in [5.41, 5.74) is 2.37. The van der Waals surface area contributed by atoms with Crippen molar-refractivity contribution < 1.29 is 14.5 Å². The van der Waals surface area contributed by atoms with Gasteiger partial charge in [0, 0.05) is 36.3 Å². The fraction of sp³-hybridized carbons (Fsp3) is 0.500. The van der Waals surface area contributed by atoms with Crippen LogP contribution in [0.5, 0.6) is 0 Å². The summed E-state index contributed by atoms with van der Waals surface area (Å²) in [5, 5.41) is 20.1. The van der Waals surface area contributed by atoms with Gasteiger partial charge in [-0.3, -0.25) is 4.79 Å². The smallest absolute Gasteiger partial charge is 0.423 e. The lowest BCUT2D eigenvalue weighted by molar-refractivity contribution is -0.150. The number of pyridine rings is 1. The number of nitrogens with zero attached hydrogens (tertiary/aromatic N) is 3. The fourth-order valence-corrected chi connectivity index (χ4v) is 5.24. The summed E-state index contributed by atoms with van der Waals surface area (Å²) >= 11 is 0. The van der Waals surface area contributed by atoms with E-state index in [-0.39, 0.29) is 17.7 Å². The number of hydrogen-bond donors (Lipinski definition) is 2. The molecule has 2 N–H and O–H groups in total. The maximum absolute atomic E-state index is 11.9. The number of hydrogen-bond acceptors (Lipinski definition) is 5. The molecule has 2 aliphatic heterocycles. The van der Waals surface area contributed by atoms with E-state index in [1.807, 2.05) is 18.3 Å². The van der Waals surface area contributed by atoms with Crippen molar-refractivity contribution in [1.29, 1.82) is 5.26 Å². The molecule has 0 unspecified atom stereocenters. The Labute approximate surface area is 151 Å². The van der Waals surface area contributed by atoms with Gasteiger partial charge in [0.2, 0.25) is 5.91 Å². The molecule has 5 rings (SSSR count). The second-order valence-corrected chi connectivity index (χ2v) is 7.86. The first-order valence-electron chi connectivity index (χ1n) is 9.03. The zero-order valence-electron chi connectivity index (χ0n) is 14.4. The maximum atomic E-state index is 11.9. The minimum Gasteiger partial charge on any atom is -0.423 e. The van der Waals surface area contributed by atoms with E-state index < -0.39 is 12.7 Å². The van der Waals surface area contributed by atoms with Crippen LogP contribution in [0.3, 0.4) is 0 Å². The van der Waals surface area contributed by atoms with Gasteiger partial charge in [-0.1, -0.05) is 0 Å². The Morgan fingerprint density at radius 3 is 2.96 bits per heavy atom. The maximum Gasteiger partial charge on any atom is 0.493 e. The molecule has 8 heteroatoms. The van der Waals surface area contributed by atoms with Crippen LogP contribution in [-0.2, 0) is 15.0 Å². The topological polar surface area (TPSA) is 102 Å². The van der Waals surface area contributed by atoms with Gasteiger partial charge in [-0.25, -0.2) is 4.98 Å². The molecule has 0 aromatic carbocycles. The molecule has 2 fully saturated rings.